The van der Waals surface area contributed by atoms with Gasteiger partial charge in [-0.1, -0.05) is 19.4 Å². The van der Waals surface area contributed by atoms with Crippen LogP contribution in [-0.2, 0) is 6.42 Å². The van der Waals surface area contributed by atoms with Gasteiger partial charge in [0.05, 0.1) is 0 Å². The van der Waals surface area contributed by atoms with Crippen molar-refractivity contribution in [1.82, 2.24) is 0 Å². The van der Waals surface area contributed by atoms with Crippen molar-refractivity contribution < 1.29 is 4.39 Å². The van der Waals surface area contributed by atoms with E-state index in [-0.39, 0.29) is 11.9 Å². The molecule has 0 aliphatic rings. The van der Waals surface area contributed by atoms with Gasteiger partial charge in [-0.05, 0) is 37.7 Å². The average Bonchev–Trinajstić information content (AvgIpc) is 2.23. The first-order valence-electron chi connectivity index (χ1n) is 5.81. The molecule has 0 saturated carbocycles. The van der Waals surface area contributed by atoms with Crippen molar-refractivity contribution in [3.05, 3.63) is 29.6 Å². The van der Waals surface area contributed by atoms with E-state index in [4.69, 9.17) is 5.73 Å². The number of unbranched alkanes of at least 4 members (excludes halogenated alkanes) is 1. The average molecular weight is 241 g/mol. The summed E-state index contributed by atoms with van der Waals surface area (Å²) in [5.74, 6) is 0.921. The van der Waals surface area contributed by atoms with Crippen molar-refractivity contribution in [1.29, 1.82) is 0 Å². The summed E-state index contributed by atoms with van der Waals surface area (Å²) in [6.07, 6.45) is 2.95. The van der Waals surface area contributed by atoms with Gasteiger partial charge in [0.15, 0.2) is 0 Å². The van der Waals surface area contributed by atoms with E-state index in [9.17, 15) is 4.39 Å². The van der Waals surface area contributed by atoms with Gasteiger partial charge >= 0.3 is 0 Å². The van der Waals surface area contributed by atoms with Crippen molar-refractivity contribution in [2.24, 2.45) is 5.73 Å². The summed E-state index contributed by atoms with van der Waals surface area (Å²) < 4.78 is 13.7. The van der Waals surface area contributed by atoms with Crippen LogP contribution in [0.3, 0.4) is 0 Å². The van der Waals surface area contributed by atoms with E-state index in [1.165, 1.54) is 18.9 Å². The molecule has 0 aliphatic carbocycles. The molecule has 3 heteroatoms. The van der Waals surface area contributed by atoms with Crippen LogP contribution in [0.25, 0.3) is 0 Å². The minimum absolute atomic E-state index is 0.00225. The predicted octanol–water partition coefficient (Wildman–Crippen LogP) is 3.61. The van der Waals surface area contributed by atoms with Crippen LogP contribution in [0.2, 0.25) is 0 Å². The number of halogens is 1. The van der Waals surface area contributed by atoms with Crippen LogP contribution in [0, 0.1) is 5.82 Å². The molecule has 0 amide bonds. The second kappa shape index (κ2) is 6.92. The molecule has 0 radical (unpaired) electrons. The van der Waals surface area contributed by atoms with Crippen molar-refractivity contribution in [2.75, 3.05) is 5.75 Å². The van der Waals surface area contributed by atoms with Crippen LogP contribution in [0.15, 0.2) is 23.1 Å². The van der Waals surface area contributed by atoms with E-state index in [0.717, 1.165) is 16.2 Å². The number of rotatable bonds is 6. The van der Waals surface area contributed by atoms with E-state index < -0.39 is 0 Å². The first-order valence-corrected chi connectivity index (χ1v) is 6.79. The second-order valence-electron chi connectivity index (χ2n) is 4.10. The van der Waals surface area contributed by atoms with Gasteiger partial charge < -0.3 is 5.73 Å². The monoisotopic (exact) mass is 241 g/mol. The zero-order valence-corrected chi connectivity index (χ0v) is 10.8. The Bertz CT molecular complexity index is 326. The number of benzene rings is 1. The summed E-state index contributed by atoms with van der Waals surface area (Å²) in [7, 11) is 0. The van der Waals surface area contributed by atoms with E-state index >= 15 is 0 Å². The maximum atomic E-state index is 13.7. The highest BCUT2D eigenvalue weighted by Crippen LogP contribution is 2.26. The molecule has 1 rings (SSSR count). The highest BCUT2D eigenvalue weighted by atomic mass is 32.2. The van der Waals surface area contributed by atoms with Crippen molar-refractivity contribution >= 4 is 11.8 Å². The second-order valence-corrected chi connectivity index (χ2v) is 5.24. The molecule has 0 heterocycles. The van der Waals surface area contributed by atoms with Crippen LogP contribution in [0.5, 0.6) is 0 Å². The molecule has 1 unspecified atom stereocenters. The third-order valence-electron chi connectivity index (χ3n) is 2.36. The van der Waals surface area contributed by atoms with Gasteiger partial charge in [-0.2, -0.15) is 0 Å². The predicted molar refractivity (Wildman–Crippen MR) is 69.4 cm³/mol. The lowest BCUT2D eigenvalue weighted by Crippen LogP contribution is -2.19. The van der Waals surface area contributed by atoms with Gasteiger partial charge in [-0.15, -0.1) is 11.8 Å². The molecule has 90 valence electrons. The van der Waals surface area contributed by atoms with Gasteiger partial charge in [0.25, 0.3) is 0 Å². The van der Waals surface area contributed by atoms with Crippen LogP contribution in [0.4, 0.5) is 4.39 Å². The highest BCUT2D eigenvalue weighted by Gasteiger charge is 2.10. The Labute approximate surface area is 102 Å². The van der Waals surface area contributed by atoms with Crippen LogP contribution in [0.1, 0.15) is 32.3 Å². The lowest BCUT2D eigenvalue weighted by Gasteiger charge is -2.12. The normalized spacial score (nSPS) is 12.8. The summed E-state index contributed by atoms with van der Waals surface area (Å²) in [5, 5.41) is 0. The van der Waals surface area contributed by atoms with Gasteiger partial charge in [0.2, 0.25) is 0 Å². The minimum Gasteiger partial charge on any atom is -0.328 e. The van der Waals surface area contributed by atoms with E-state index in [2.05, 4.69) is 6.92 Å². The first kappa shape index (κ1) is 13.5. The first-order chi connectivity index (χ1) is 7.65. The molecular formula is C13H20FNS. The lowest BCUT2D eigenvalue weighted by atomic mass is 10.1. The zero-order chi connectivity index (χ0) is 12.0. The topological polar surface area (TPSA) is 26.0 Å². The number of hydrogen-bond donors (Lipinski definition) is 1. The SMILES string of the molecule is CCCCSc1cccc(F)c1CC(C)N. The third kappa shape index (κ3) is 4.14. The molecule has 1 nitrogen and oxygen atoms in total. The summed E-state index contributed by atoms with van der Waals surface area (Å²) in [6, 6.07) is 5.28. The van der Waals surface area contributed by atoms with Crippen molar-refractivity contribution in [3.63, 3.8) is 0 Å². The van der Waals surface area contributed by atoms with E-state index in [1.54, 1.807) is 17.8 Å². The Balaban J connectivity index is 2.76. The Morgan fingerprint density at radius 1 is 1.44 bits per heavy atom. The Morgan fingerprint density at radius 2 is 2.19 bits per heavy atom. The van der Waals surface area contributed by atoms with Crippen LogP contribution < -0.4 is 5.73 Å². The molecule has 0 fully saturated rings. The van der Waals surface area contributed by atoms with Crippen LogP contribution >= 0.6 is 11.8 Å². The van der Waals surface area contributed by atoms with Gasteiger partial charge in [-0.25, -0.2) is 4.39 Å². The van der Waals surface area contributed by atoms with E-state index in [0.29, 0.717) is 6.42 Å². The number of hydrogen-bond acceptors (Lipinski definition) is 2. The minimum atomic E-state index is -0.126. The Morgan fingerprint density at radius 3 is 2.81 bits per heavy atom. The fourth-order valence-electron chi connectivity index (χ4n) is 1.52. The summed E-state index contributed by atoms with van der Waals surface area (Å²) >= 11 is 1.73. The summed E-state index contributed by atoms with van der Waals surface area (Å²) in [4.78, 5) is 1.05. The molecule has 1 atom stereocenters. The molecule has 1 aromatic carbocycles. The van der Waals surface area contributed by atoms with Gasteiger partial charge in [-0.3, -0.25) is 0 Å². The number of thioether (sulfide) groups is 1. The number of nitrogens with two attached hydrogens (primary N) is 1. The highest BCUT2D eigenvalue weighted by molar-refractivity contribution is 7.99. The maximum Gasteiger partial charge on any atom is 0.127 e. The Hall–Kier alpha value is -0.540. The van der Waals surface area contributed by atoms with Crippen LogP contribution in [-0.4, -0.2) is 11.8 Å². The fourth-order valence-corrected chi connectivity index (χ4v) is 2.70. The standard InChI is InChI=1S/C13H20FNS/c1-3-4-8-16-13-7-5-6-12(14)11(13)9-10(2)15/h5-7,10H,3-4,8-9,15H2,1-2H3. The lowest BCUT2D eigenvalue weighted by molar-refractivity contribution is 0.588. The molecule has 1 aromatic rings. The summed E-state index contributed by atoms with van der Waals surface area (Å²) in [5.41, 5.74) is 6.52. The molecule has 16 heavy (non-hydrogen) atoms. The third-order valence-corrected chi connectivity index (χ3v) is 3.54. The summed E-state index contributed by atoms with van der Waals surface area (Å²) in [6.45, 7) is 4.07. The molecule has 2 N–H and O–H groups in total. The van der Waals surface area contributed by atoms with Gasteiger partial charge in [0, 0.05) is 16.5 Å². The smallest absolute Gasteiger partial charge is 0.127 e. The molecule has 0 bridgehead atoms. The fraction of sp³-hybridized carbons (Fsp3) is 0.538. The zero-order valence-electron chi connectivity index (χ0n) is 10.0. The molecule has 0 aliphatic heterocycles. The van der Waals surface area contributed by atoms with E-state index in [1.807, 2.05) is 13.0 Å². The molecule has 0 aromatic heterocycles. The molecule has 0 spiro atoms. The van der Waals surface area contributed by atoms with Gasteiger partial charge in [0.1, 0.15) is 5.82 Å². The van der Waals surface area contributed by atoms with Crippen molar-refractivity contribution in [3.8, 4) is 0 Å². The largest absolute Gasteiger partial charge is 0.328 e. The quantitative estimate of drug-likeness (QED) is 0.608. The van der Waals surface area contributed by atoms with Crippen molar-refractivity contribution in [2.45, 2.75) is 44.0 Å². The Kier molecular flexibility index (Phi) is 5.85. The molecule has 0 saturated heterocycles. The maximum absolute atomic E-state index is 13.7. The molecular weight excluding hydrogens is 221 g/mol.